The third-order valence-corrected chi connectivity index (χ3v) is 3.86. The molecule has 2 N–H and O–H groups in total. The van der Waals surface area contributed by atoms with Crippen LogP contribution in [0.5, 0.6) is 0 Å². The first-order valence-electron chi connectivity index (χ1n) is 6.47. The predicted molar refractivity (Wildman–Crippen MR) is 76.1 cm³/mol. The molecule has 1 unspecified atom stereocenters. The zero-order valence-electron chi connectivity index (χ0n) is 11.6. The van der Waals surface area contributed by atoms with Crippen LogP contribution < -0.4 is 5.32 Å². The van der Waals surface area contributed by atoms with Gasteiger partial charge < -0.3 is 10.4 Å². The van der Waals surface area contributed by atoms with E-state index >= 15 is 0 Å². The van der Waals surface area contributed by atoms with Gasteiger partial charge in [0.15, 0.2) is 0 Å². The number of carbonyl (C=O) groups excluding carboxylic acids is 1. The summed E-state index contributed by atoms with van der Waals surface area (Å²) in [4.78, 5) is 22.3. The van der Waals surface area contributed by atoms with Crippen molar-refractivity contribution < 1.29 is 23.5 Å². The van der Waals surface area contributed by atoms with Gasteiger partial charge in [0.2, 0.25) is 5.91 Å². The van der Waals surface area contributed by atoms with Gasteiger partial charge in [0.05, 0.1) is 11.7 Å². The van der Waals surface area contributed by atoms with Crippen molar-refractivity contribution in [1.82, 2.24) is 5.32 Å². The number of hydrogen-bond donors (Lipinski definition) is 2. The van der Waals surface area contributed by atoms with E-state index in [9.17, 15) is 18.4 Å². The maximum absolute atomic E-state index is 13.3. The molecule has 4 nitrogen and oxygen atoms in total. The average molecular weight is 317 g/mol. The fraction of sp³-hybridized carbons (Fsp3) is 0.429. The lowest BCUT2D eigenvalue weighted by atomic mass is 10.1. The molecule has 0 radical (unpaired) electrons. The first kappa shape index (κ1) is 17.4. The van der Waals surface area contributed by atoms with Gasteiger partial charge in [-0.05, 0) is 25.0 Å². The number of carbonyl (C=O) groups is 2. The molecule has 21 heavy (non-hydrogen) atoms. The standard InChI is InChI=1S/C14H17F2NO3S/c1-9(14(19)20)3-2-6-17-13(18)8-21-12-5-4-10(15)7-11(12)16/h4-5,7,9H,2-3,6,8H2,1H3,(H,17,18)(H,19,20). The molecule has 0 aliphatic carbocycles. The van der Waals surface area contributed by atoms with Crippen molar-refractivity contribution in [1.29, 1.82) is 0 Å². The molecule has 116 valence electrons. The number of aliphatic carboxylic acids is 1. The van der Waals surface area contributed by atoms with E-state index in [1.54, 1.807) is 6.92 Å². The monoisotopic (exact) mass is 317 g/mol. The van der Waals surface area contributed by atoms with Crippen molar-refractivity contribution in [3.05, 3.63) is 29.8 Å². The van der Waals surface area contributed by atoms with Crippen molar-refractivity contribution in [2.75, 3.05) is 12.3 Å². The SMILES string of the molecule is CC(CCCNC(=O)CSc1ccc(F)cc1F)C(=O)O. The normalized spacial score (nSPS) is 12.0. The highest BCUT2D eigenvalue weighted by Gasteiger charge is 2.11. The quantitative estimate of drug-likeness (QED) is 0.571. The number of halogens is 2. The fourth-order valence-electron chi connectivity index (χ4n) is 1.55. The number of carboxylic acids is 1. The molecule has 1 aromatic rings. The summed E-state index contributed by atoms with van der Waals surface area (Å²) in [6.07, 6.45) is 1.05. The fourth-order valence-corrected chi connectivity index (χ4v) is 2.30. The lowest BCUT2D eigenvalue weighted by Gasteiger charge is -2.07. The molecule has 0 saturated heterocycles. The van der Waals surface area contributed by atoms with Crippen molar-refractivity contribution in [2.24, 2.45) is 5.92 Å². The van der Waals surface area contributed by atoms with Gasteiger partial charge in [-0.1, -0.05) is 6.92 Å². The van der Waals surface area contributed by atoms with Gasteiger partial charge in [-0.25, -0.2) is 8.78 Å². The minimum absolute atomic E-state index is 0.0248. The van der Waals surface area contributed by atoms with E-state index in [1.807, 2.05) is 0 Å². The summed E-state index contributed by atoms with van der Waals surface area (Å²) >= 11 is 0.985. The molecule has 1 aromatic carbocycles. The summed E-state index contributed by atoms with van der Waals surface area (Å²) in [5.74, 6) is -2.89. The number of carboxylic acid groups (broad SMARTS) is 1. The summed E-state index contributed by atoms with van der Waals surface area (Å²) in [7, 11) is 0. The number of benzene rings is 1. The minimum atomic E-state index is -0.858. The Bertz CT molecular complexity index is 511. The summed E-state index contributed by atoms with van der Waals surface area (Å²) in [6, 6.07) is 3.20. The van der Waals surface area contributed by atoms with Crippen LogP contribution in [0.15, 0.2) is 23.1 Å². The Balaban J connectivity index is 2.24. The molecule has 0 bridgehead atoms. The van der Waals surface area contributed by atoms with Crippen LogP contribution in [0.1, 0.15) is 19.8 Å². The van der Waals surface area contributed by atoms with E-state index in [2.05, 4.69) is 5.32 Å². The van der Waals surface area contributed by atoms with E-state index in [0.717, 1.165) is 23.9 Å². The predicted octanol–water partition coefficient (Wildman–Crippen LogP) is 2.67. The van der Waals surface area contributed by atoms with Crippen LogP contribution in [0.4, 0.5) is 8.78 Å². The van der Waals surface area contributed by atoms with Crippen molar-refractivity contribution in [3.8, 4) is 0 Å². The highest BCUT2D eigenvalue weighted by atomic mass is 32.2. The van der Waals surface area contributed by atoms with Crippen LogP contribution in [0.2, 0.25) is 0 Å². The first-order valence-corrected chi connectivity index (χ1v) is 7.46. The largest absolute Gasteiger partial charge is 0.481 e. The molecule has 0 spiro atoms. The van der Waals surface area contributed by atoms with Crippen molar-refractivity contribution in [3.63, 3.8) is 0 Å². The first-order chi connectivity index (χ1) is 9.90. The molecule has 0 aliphatic rings. The van der Waals surface area contributed by atoms with E-state index < -0.39 is 23.5 Å². The molecule has 1 rings (SSSR count). The van der Waals surface area contributed by atoms with Crippen LogP contribution in [0.3, 0.4) is 0 Å². The number of nitrogens with one attached hydrogen (secondary N) is 1. The van der Waals surface area contributed by atoms with E-state index in [4.69, 9.17) is 5.11 Å². The molecular weight excluding hydrogens is 300 g/mol. The van der Waals surface area contributed by atoms with Gasteiger partial charge in [-0.3, -0.25) is 9.59 Å². The lowest BCUT2D eigenvalue weighted by molar-refractivity contribution is -0.141. The maximum Gasteiger partial charge on any atom is 0.306 e. The van der Waals surface area contributed by atoms with Crippen molar-refractivity contribution in [2.45, 2.75) is 24.7 Å². The number of amides is 1. The zero-order valence-corrected chi connectivity index (χ0v) is 12.4. The Morgan fingerprint density at radius 2 is 2.10 bits per heavy atom. The molecule has 1 amide bonds. The van der Waals surface area contributed by atoms with Gasteiger partial charge >= 0.3 is 5.97 Å². The number of rotatable bonds is 8. The Kier molecular flexibility index (Phi) is 7.14. The second-order valence-corrected chi connectivity index (χ2v) is 5.61. The molecule has 0 saturated carbocycles. The summed E-state index contributed by atoms with van der Waals surface area (Å²) < 4.78 is 26.0. The lowest BCUT2D eigenvalue weighted by Crippen LogP contribution is -2.26. The molecule has 0 heterocycles. The van der Waals surface area contributed by atoms with Gasteiger partial charge in [-0.15, -0.1) is 11.8 Å². The molecule has 1 atom stereocenters. The maximum atomic E-state index is 13.3. The zero-order chi connectivity index (χ0) is 15.8. The summed E-state index contributed by atoms with van der Waals surface area (Å²) in [6.45, 7) is 1.99. The third kappa shape index (κ3) is 6.57. The van der Waals surface area contributed by atoms with Crippen LogP contribution in [-0.2, 0) is 9.59 Å². The van der Waals surface area contributed by atoms with Crippen LogP contribution in [0.25, 0.3) is 0 Å². The van der Waals surface area contributed by atoms with Crippen LogP contribution in [-0.4, -0.2) is 29.3 Å². The van der Waals surface area contributed by atoms with Gasteiger partial charge in [-0.2, -0.15) is 0 Å². The van der Waals surface area contributed by atoms with Gasteiger partial charge in [0.25, 0.3) is 0 Å². The highest BCUT2D eigenvalue weighted by Crippen LogP contribution is 2.21. The van der Waals surface area contributed by atoms with Crippen LogP contribution >= 0.6 is 11.8 Å². The Morgan fingerprint density at radius 3 is 2.71 bits per heavy atom. The smallest absolute Gasteiger partial charge is 0.306 e. The molecule has 0 aromatic heterocycles. The third-order valence-electron chi connectivity index (χ3n) is 2.81. The minimum Gasteiger partial charge on any atom is -0.481 e. The second kappa shape index (κ2) is 8.61. The molecular formula is C14H17F2NO3S. The molecule has 0 aliphatic heterocycles. The Morgan fingerprint density at radius 1 is 1.38 bits per heavy atom. The summed E-state index contributed by atoms with van der Waals surface area (Å²) in [5, 5.41) is 11.3. The summed E-state index contributed by atoms with van der Waals surface area (Å²) in [5.41, 5.74) is 0. The van der Waals surface area contributed by atoms with E-state index in [0.29, 0.717) is 19.4 Å². The molecule has 0 fully saturated rings. The van der Waals surface area contributed by atoms with Crippen molar-refractivity contribution >= 4 is 23.6 Å². The topological polar surface area (TPSA) is 66.4 Å². The average Bonchev–Trinajstić information content (AvgIpc) is 2.42. The highest BCUT2D eigenvalue weighted by molar-refractivity contribution is 8.00. The van der Waals surface area contributed by atoms with E-state index in [-0.39, 0.29) is 16.6 Å². The van der Waals surface area contributed by atoms with Crippen LogP contribution in [0, 0.1) is 17.6 Å². The number of thioether (sulfide) groups is 1. The second-order valence-electron chi connectivity index (χ2n) is 4.59. The number of hydrogen-bond acceptors (Lipinski definition) is 3. The van der Waals surface area contributed by atoms with E-state index in [1.165, 1.54) is 6.07 Å². The van der Waals surface area contributed by atoms with Gasteiger partial charge in [0, 0.05) is 17.5 Å². The molecule has 7 heteroatoms. The Hall–Kier alpha value is -1.63. The Labute approximate surface area is 125 Å². The van der Waals surface area contributed by atoms with Gasteiger partial charge in [0.1, 0.15) is 11.6 Å².